The number of benzene rings is 11. The van der Waals surface area contributed by atoms with E-state index in [1.165, 1.54) is 66.3 Å². The molecule has 0 bridgehead atoms. The van der Waals surface area contributed by atoms with Gasteiger partial charge in [0.25, 0.3) is 0 Å². The van der Waals surface area contributed by atoms with Crippen LogP contribution in [-0.4, -0.2) is 4.57 Å². The van der Waals surface area contributed by atoms with Crippen LogP contribution in [0.2, 0.25) is 0 Å². The smallest absolute Gasteiger partial charge is 0.143 e. The molecule has 15 rings (SSSR count). The van der Waals surface area contributed by atoms with Crippen molar-refractivity contribution in [3.63, 3.8) is 0 Å². The van der Waals surface area contributed by atoms with Crippen LogP contribution in [0, 0.1) is 0 Å². The van der Waals surface area contributed by atoms with Crippen LogP contribution in [0.3, 0.4) is 0 Å². The van der Waals surface area contributed by atoms with Crippen LogP contribution in [0.25, 0.3) is 93.9 Å². The van der Waals surface area contributed by atoms with Gasteiger partial charge >= 0.3 is 0 Å². The van der Waals surface area contributed by atoms with Crippen LogP contribution in [-0.2, 0) is 5.41 Å². The average molecular weight is 891 g/mol. The van der Waals surface area contributed by atoms with Crippen molar-refractivity contribution in [3.05, 3.63) is 277 Å². The van der Waals surface area contributed by atoms with Gasteiger partial charge < -0.3 is 13.9 Å². The third kappa shape index (κ3) is 5.34. The molecule has 0 amide bonds. The van der Waals surface area contributed by atoms with Crippen molar-refractivity contribution in [3.8, 4) is 50.2 Å². The number of para-hydroxylation sites is 4. The first-order valence-corrected chi connectivity index (χ1v) is 24.2. The lowest BCUT2D eigenvalue weighted by atomic mass is 9.70. The lowest BCUT2D eigenvalue weighted by Gasteiger charge is -2.30. The maximum atomic E-state index is 6.50. The number of hydrogen-bond donors (Lipinski definition) is 0. The van der Waals surface area contributed by atoms with Gasteiger partial charge in [0, 0.05) is 55.3 Å². The summed E-state index contributed by atoms with van der Waals surface area (Å²) < 4.78 is 9.02. The monoisotopic (exact) mass is 890 g/mol. The Labute approximate surface area is 405 Å². The predicted molar refractivity (Wildman–Crippen MR) is 290 cm³/mol. The minimum Gasteiger partial charge on any atom is -0.455 e. The molecule has 2 aliphatic carbocycles. The summed E-state index contributed by atoms with van der Waals surface area (Å²) in [6, 6.07) is 93.3. The highest BCUT2D eigenvalue weighted by Crippen LogP contribution is 2.64. The van der Waals surface area contributed by atoms with Gasteiger partial charge in [0.05, 0.1) is 22.1 Å². The van der Waals surface area contributed by atoms with E-state index >= 15 is 0 Å². The molecule has 0 saturated carbocycles. The lowest BCUT2D eigenvalue weighted by Crippen LogP contribution is -2.25. The summed E-state index contributed by atoms with van der Waals surface area (Å²) in [5, 5.41) is 4.75. The van der Waals surface area contributed by atoms with Crippen molar-refractivity contribution < 1.29 is 4.42 Å². The third-order valence-corrected chi connectivity index (χ3v) is 15.2. The largest absolute Gasteiger partial charge is 0.455 e. The van der Waals surface area contributed by atoms with Gasteiger partial charge in [0.2, 0.25) is 0 Å². The van der Waals surface area contributed by atoms with Crippen LogP contribution in [0.4, 0.5) is 17.1 Å². The van der Waals surface area contributed by atoms with Crippen LogP contribution >= 0.6 is 0 Å². The molecule has 0 unspecified atom stereocenters. The molecule has 3 nitrogen and oxygen atoms in total. The summed E-state index contributed by atoms with van der Waals surface area (Å²) in [4.78, 5) is 2.40. The molecule has 11 aromatic carbocycles. The van der Waals surface area contributed by atoms with Crippen molar-refractivity contribution in [2.45, 2.75) is 5.41 Å². The summed E-state index contributed by atoms with van der Waals surface area (Å²) in [7, 11) is 0. The third-order valence-electron chi connectivity index (χ3n) is 15.2. The summed E-state index contributed by atoms with van der Waals surface area (Å²) in [6.45, 7) is 0. The molecule has 1 spiro atoms. The van der Waals surface area contributed by atoms with Gasteiger partial charge in [-0.3, -0.25) is 0 Å². The van der Waals surface area contributed by atoms with Gasteiger partial charge in [-0.25, -0.2) is 0 Å². The number of aromatic nitrogens is 1. The zero-order valence-corrected chi connectivity index (χ0v) is 38.1. The molecule has 70 heavy (non-hydrogen) atoms. The molecular weight excluding hydrogens is 849 g/mol. The minimum absolute atomic E-state index is 0.431. The van der Waals surface area contributed by atoms with Crippen LogP contribution < -0.4 is 4.90 Å². The van der Waals surface area contributed by atoms with Crippen molar-refractivity contribution in [2.24, 2.45) is 0 Å². The number of furan rings is 1. The molecule has 13 aromatic rings. The van der Waals surface area contributed by atoms with Gasteiger partial charge in [-0.15, -0.1) is 0 Å². The van der Waals surface area contributed by atoms with E-state index in [0.717, 1.165) is 66.9 Å². The maximum absolute atomic E-state index is 6.50. The Morgan fingerprint density at radius 3 is 1.63 bits per heavy atom. The van der Waals surface area contributed by atoms with E-state index in [1.54, 1.807) is 0 Å². The van der Waals surface area contributed by atoms with Crippen LogP contribution in [0.1, 0.15) is 22.3 Å². The zero-order valence-electron chi connectivity index (χ0n) is 38.1. The normalized spacial score (nSPS) is 13.0. The van der Waals surface area contributed by atoms with Gasteiger partial charge in [-0.1, -0.05) is 200 Å². The second-order valence-electron chi connectivity index (χ2n) is 18.7. The summed E-state index contributed by atoms with van der Waals surface area (Å²) in [5.41, 5.74) is 23.2. The summed E-state index contributed by atoms with van der Waals surface area (Å²) in [6.07, 6.45) is 0. The summed E-state index contributed by atoms with van der Waals surface area (Å²) >= 11 is 0. The predicted octanol–water partition coefficient (Wildman–Crippen LogP) is 17.8. The molecule has 2 aromatic heterocycles. The lowest BCUT2D eigenvalue weighted by molar-refractivity contribution is 0.670. The fourth-order valence-electron chi connectivity index (χ4n) is 12.4. The van der Waals surface area contributed by atoms with E-state index in [9.17, 15) is 0 Å². The first-order valence-electron chi connectivity index (χ1n) is 24.2. The molecular formula is C67H42N2O. The molecule has 2 aliphatic rings. The van der Waals surface area contributed by atoms with E-state index in [4.69, 9.17) is 4.42 Å². The highest BCUT2D eigenvalue weighted by molar-refractivity contribution is 6.17. The Bertz CT molecular complexity index is 4190. The number of fused-ring (bicyclic) bond motifs is 17. The van der Waals surface area contributed by atoms with Crippen LogP contribution in [0.5, 0.6) is 0 Å². The molecule has 2 heterocycles. The minimum atomic E-state index is -0.431. The quantitative estimate of drug-likeness (QED) is 0.166. The first-order chi connectivity index (χ1) is 34.8. The van der Waals surface area contributed by atoms with E-state index in [1.807, 2.05) is 12.1 Å². The van der Waals surface area contributed by atoms with E-state index in [0.29, 0.717) is 0 Å². The van der Waals surface area contributed by atoms with Gasteiger partial charge in [-0.2, -0.15) is 0 Å². The Kier molecular flexibility index (Phi) is 8.28. The molecule has 0 saturated heterocycles. The van der Waals surface area contributed by atoms with Gasteiger partial charge in [0.1, 0.15) is 11.2 Å². The highest BCUT2D eigenvalue weighted by atomic mass is 16.3. The average Bonchev–Trinajstić information content (AvgIpc) is 4.16. The Balaban J connectivity index is 0.921. The molecule has 0 atom stereocenters. The Hall–Kier alpha value is -9.18. The zero-order chi connectivity index (χ0) is 45.9. The van der Waals surface area contributed by atoms with Crippen molar-refractivity contribution in [2.75, 3.05) is 4.90 Å². The number of anilines is 3. The SMILES string of the molecule is c1ccc(-c2ccccc2N(c2ccc(-c3cccc4c3oc3ccccc34)cc2)c2ccc(-n3c4ccccc4c4ccc5c(c43)-c3ccccc3C53c4ccccc4-c4ccccc43)cc2)cc1. The molecule has 3 heteroatoms. The molecule has 0 fully saturated rings. The van der Waals surface area contributed by atoms with Crippen molar-refractivity contribution in [1.29, 1.82) is 0 Å². The van der Waals surface area contributed by atoms with Crippen molar-refractivity contribution in [1.82, 2.24) is 4.57 Å². The first kappa shape index (κ1) is 38.9. The standard InChI is InChI=1S/C67H42N2O/c1-2-17-43(18-3-1)48-19-7-13-30-61(48)68(45-35-33-44(34-36-45)49-25-16-26-55-53-23-9-15-32-63(53)70-66(49)55)46-37-39-47(40-38-46)69-62-31-14-8-22-52(62)54-41-42-60-64(65(54)69)56-24-6-12-29-59(56)67(60)57-27-10-4-20-50(57)51-21-5-11-28-58(51)67/h1-42H. The van der Waals surface area contributed by atoms with E-state index < -0.39 is 5.41 Å². The van der Waals surface area contributed by atoms with Crippen molar-refractivity contribution >= 4 is 60.8 Å². The Morgan fingerprint density at radius 2 is 0.886 bits per heavy atom. The fraction of sp³-hybridized carbons (Fsp3) is 0.0149. The maximum Gasteiger partial charge on any atom is 0.143 e. The topological polar surface area (TPSA) is 21.3 Å². The number of rotatable bonds is 6. The number of hydrogen-bond acceptors (Lipinski definition) is 2. The second kappa shape index (κ2) is 14.9. The second-order valence-corrected chi connectivity index (χ2v) is 18.7. The van der Waals surface area contributed by atoms with E-state index in [2.05, 4.69) is 252 Å². The Morgan fingerprint density at radius 1 is 0.343 bits per heavy atom. The fourth-order valence-corrected chi connectivity index (χ4v) is 12.4. The molecule has 0 aliphatic heterocycles. The molecule has 326 valence electrons. The molecule has 0 N–H and O–H groups in total. The molecule has 0 radical (unpaired) electrons. The highest BCUT2D eigenvalue weighted by Gasteiger charge is 2.52. The summed E-state index contributed by atoms with van der Waals surface area (Å²) in [5.74, 6) is 0. The van der Waals surface area contributed by atoms with Gasteiger partial charge in [-0.05, 0) is 105 Å². The van der Waals surface area contributed by atoms with E-state index in [-0.39, 0.29) is 0 Å². The van der Waals surface area contributed by atoms with Crippen LogP contribution in [0.15, 0.2) is 259 Å². The number of nitrogens with zero attached hydrogens (tertiary/aromatic N) is 2. The van der Waals surface area contributed by atoms with Gasteiger partial charge in [0.15, 0.2) is 0 Å².